The van der Waals surface area contributed by atoms with Crippen LogP contribution in [-0.2, 0) is 26.2 Å². The quantitative estimate of drug-likeness (QED) is 0.265. The average molecular weight is 625 g/mol. The Morgan fingerprint density at radius 3 is 2.10 bits per heavy atom. The molecule has 3 rings (SSSR count). The zero-order valence-corrected chi connectivity index (χ0v) is 25.8. The number of nitrogens with one attached hydrogen (secondary N) is 1. The molecule has 11 heteroatoms. The molecule has 0 aromatic heterocycles. The van der Waals surface area contributed by atoms with Crippen molar-refractivity contribution in [3.05, 3.63) is 92.9 Å². The Hall–Kier alpha value is -2.78. The zero-order valence-electron chi connectivity index (χ0n) is 22.7. The first kappa shape index (κ1) is 31.7. The summed E-state index contributed by atoms with van der Waals surface area (Å²) in [5.74, 6) is -0.959. The van der Waals surface area contributed by atoms with E-state index in [0.29, 0.717) is 11.4 Å². The molecule has 0 saturated heterocycles. The van der Waals surface area contributed by atoms with Crippen molar-refractivity contribution in [3.63, 3.8) is 0 Å². The van der Waals surface area contributed by atoms with E-state index in [4.69, 9.17) is 34.8 Å². The maximum Gasteiger partial charge on any atom is 0.264 e. The van der Waals surface area contributed by atoms with Gasteiger partial charge in [-0.3, -0.25) is 13.9 Å². The lowest BCUT2D eigenvalue weighted by atomic mass is 10.1. The number of amides is 2. The lowest BCUT2D eigenvalue weighted by Gasteiger charge is -2.32. The normalized spacial score (nSPS) is 12.9. The summed E-state index contributed by atoms with van der Waals surface area (Å²) in [6.45, 7) is 6.68. The lowest BCUT2D eigenvalue weighted by Crippen LogP contribution is -2.52. The van der Waals surface area contributed by atoms with Gasteiger partial charge in [-0.1, -0.05) is 71.6 Å². The molecule has 40 heavy (non-hydrogen) atoms. The Morgan fingerprint density at radius 2 is 1.50 bits per heavy atom. The van der Waals surface area contributed by atoms with Crippen molar-refractivity contribution in [1.29, 1.82) is 0 Å². The number of aryl methyl sites for hydroxylation is 1. The third-order valence-corrected chi connectivity index (χ3v) is 9.08. The second kappa shape index (κ2) is 13.7. The minimum atomic E-state index is -4.26. The van der Waals surface area contributed by atoms with Gasteiger partial charge in [-0.05, 0) is 75.2 Å². The lowest BCUT2D eigenvalue weighted by molar-refractivity contribution is -0.139. The van der Waals surface area contributed by atoms with Gasteiger partial charge in [-0.15, -0.1) is 0 Å². The van der Waals surface area contributed by atoms with Gasteiger partial charge in [-0.2, -0.15) is 0 Å². The van der Waals surface area contributed by atoms with Crippen LogP contribution in [0, 0.1) is 6.92 Å². The van der Waals surface area contributed by atoms with Crippen molar-refractivity contribution in [2.75, 3.05) is 10.8 Å². The molecule has 2 atom stereocenters. The Bertz CT molecular complexity index is 1450. The number of nitrogens with zero attached hydrogens (tertiary/aromatic N) is 2. The molecule has 0 radical (unpaired) electrons. The largest absolute Gasteiger partial charge is 0.352 e. The van der Waals surface area contributed by atoms with Crippen LogP contribution in [0.3, 0.4) is 0 Å². The second-order valence-corrected chi connectivity index (χ2v) is 12.7. The highest BCUT2D eigenvalue weighted by Crippen LogP contribution is 2.33. The summed E-state index contributed by atoms with van der Waals surface area (Å²) in [7, 11) is -4.26. The molecule has 2 unspecified atom stereocenters. The predicted octanol–water partition coefficient (Wildman–Crippen LogP) is 6.48. The van der Waals surface area contributed by atoms with Crippen LogP contribution in [0.5, 0.6) is 0 Å². The number of benzene rings is 3. The van der Waals surface area contributed by atoms with Gasteiger partial charge in [0.25, 0.3) is 10.0 Å². The van der Waals surface area contributed by atoms with Crippen molar-refractivity contribution >= 4 is 62.3 Å². The monoisotopic (exact) mass is 623 g/mol. The number of carbonyl (C=O) groups is 2. The van der Waals surface area contributed by atoms with Crippen LogP contribution in [-0.4, -0.2) is 43.8 Å². The summed E-state index contributed by atoms with van der Waals surface area (Å²) in [5, 5.41) is 3.76. The van der Waals surface area contributed by atoms with Crippen LogP contribution < -0.4 is 9.62 Å². The molecule has 0 aliphatic heterocycles. The van der Waals surface area contributed by atoms with E-state index in [1.54, 1.807) is 43.3 Å². The molecular weight excluding hydrogens is 593 g/mol. The van der Waals surface area contributed by atoms with Gasteiger partial charge in [0.1, 0.15) is 12.6 Å². The van der Waals surface area contributed by atoms with Gasteiger partial charge in [0.2, 0.25) is 11.8 Å². The third kappa shape index (κ3) is 7.91. The summed E-state index contributed by atoms with van der Waals surface area (Å²) in [5.41, 5.74) is 1.64. The van der Waals surface area contributed by atoms with E-state index in [9.17, 15) is 18.0 Å². The number of hydrogen-bond acceptors (Lipinski definition) is 4. The highest BCUT2D eigenvalue weighted by Gasteiger charge is 2.33. The van der Waals surface area contributed by atoms with E-state index in [0.717, 1.165) is 15.4 Å². The van der Waals surface area contributed by atoms with E-state index in [1.165, 1.54) is 35.2 Å². The topological polar surface area (TPSA) is 86.8 Å². The van der Waals surface area contributed by atoms with Crippen LogP contribution in [0.2, 0.25) is 15.1 Å². The van der Waals surface area contributed by atoms with Gasteiger partial charge >= 0.3 is 0 Å². The smallest absolute Gasteiger partial charge is 0.264 e. The van der Waals surface area contributed by atoms with E-state index >= 15 is 0 Å². The van der Waals surface area contributed by atoms with Crippen molar-refractivity contribution in [2.45, 2.75) is 57.6 Å². The molecule has 0 saturated carbocycles. The number of halogens is 3. The van der Waals surface area contributed by atoms with E-state index in [2.05, 4.69) is 5.32 Å². The maximum atomic E-state index is 14.0. The minimum absolute atomic E-state index is 0.0197. The van der Waals surface area contributed by atoms with E-state index in [-0.39, 0.29) is 39.1 Å². The fourth-order valence-electron chi connectivity index (χ4n) is 3.86. The summed E-state index contributed by atoms with van der Waals surface area (Å²) >= 11 is 18.7. The number of carbonyl (C=O) groups excluding carboxylic acids is 2. The molecule has 0 heterocycles. The predicted molar refractivity (Wildman–Crippen MR) is 162 cm³/mol. The third-order valence-electron chi connectivity index (χ3n) is 6.50. The highest BCUT2D eigenvalue weighted by atomic mass is 35.5. The number of sulfonamides is 1. The van der Waals surface area contributed by atoms with Gasteiger partial charge in [0.05, 0.1) is 15.6 Å². The molecule has 0 aliphatic rings. The molecule has 214 valence electrons. The first-order valence-electron chi connectivity index (χ1n) is 12.7. The highest BCUT2D eigenvalue weighted by molar-refractivity contribution is 7.92. The van der Waals surface area contributed by atoms with Crippen molar-refractivity contribution in [2.24, 2.45) is 0 Å². The maximum absolute atomic E-state index is 14.0. The standard InChI is InChI=1S/C29H32Cl3N3O4S/c1-5-20(3)33-29(37)21(4)34(17-22-8-10-23(30)11-9-22)28(36)18-35(27-16-24(31)12-15-26(27)32)40(38,39)25-13-6-19(2)7-14-25/h6-16,20-21H,5,17-18H2,1-4H3,(H,33,37). The van der Waals surface area contributed by atoms with Gasteiger partial charge in [-0.25, -0.2) is 8.42 Å². The number of rotatable bonds is 11. The molecule has 0 fully saturated rings. The first-order valence-corrected chi connectivity index (χ1v) is 15.3. The molecule has 3 aromatic carbocycles. The zero-order chi connectivity index (χ0) is 29.6. The Morgan fingerprint density at radius 1 is 0.900 bits per heavy atom. The summed E-state index contributed by atoms with van der Waals surface area (Å²) in [6, 6.07) is 16.5. The summed E-state index contributed by atoms with van der Waals surface area (Å²) < 4.78 is 28.8. The van der Waals surface area contributed by atoms with Crippen molar-refractivity contribution < 1.29 is 18.0 Å². The van der Waals surface area contributed by atoms with Crippen molar-refractivity contribution in [3.8, 4) is 0 Å². The number of anilines is 1. The molecule has 0 bridgehead atoms. The van der Waals surface area contributed by atoms with Crippen LogP contribution in [0.25, 0.3) is 0 Å². The Labute approximate surface area is 251 Å². The van der Waals surface area contributed by atoms with Crippen LogP contribution in [0.15, 0.2) is 71.6 Å². The fraction of sp³-hybridized carbons (Fsp3) is 0.310. The van der Waals surface area contributed by atoms with Gasteiger partial charge in [0.15, 0.2) is 0 Å². The average Bonchev–Trinajstić information content (AvgIpc) is 2.92. The summed E-state index contributed by atoms with van der Waals surface area (Å²) in [4.78, 5) is 28.4. The molecule has 1 N–H and O–H groups in total. The Kier molecular flexibility index (Phi) is 10.9. The number of hydrogen-bond donors (Lipinski definition) is 1. The fourth-order valence-corrected chi connectivity index (χ4v) is 5.85. The van der Waals surface area contributed by atoms with Gasteiger partial charge < -0.3 is 10.2 Å². The van der Waals surface area contributed by atoms with Gasteiger partial charge in [0, 0.05) is 22.6 Å². The molecule has 0 spiro atoms. The second-order valence-electron chi connectivity index (χ2n) is 9.56. The molecule has 3 aromatic rings. The molecule has 2 amide bonds. The summed E-state index contributed by atoms with van der Waals surface area (Å²) in [6.07, 6.45) is 0.708. The van der Waals surface area contributed by atoms with Crippen LogP contribution in [0.4, 0.5) is 5.69 Å². The SMILES string of the molecule is CCC(C)NC(=O)C(C)N(Cc1ccc(Cl)cc1)C(=O)CN(c1cc(Cl)ccc1Cl)S(=O)(=O)c1ccc(C)cc1. The van der Waals surface area contributed by atoms with Crippen LogP contribution >= 0.6 is 34.8 Å². The van der Waals surface area contributed by atoms with Crippen LogP contribution in [0.1, 0.15) is 38.3 Å². The minimum Gasteiger partial charge on any atom is -0.352 e. The van der Waals surface area contributed by atoms with E-state index in [1.807, 2.05) is 20.8 Å². The molecule has 0 aliphatic carbocycles. The molecule has 7 nitrogen and oxygen atoms in total. The van der Waals surface area contributed by atoms with Crippen molar-refractivity contribution in [1.82, 2.24) is 10.2 Å². The Balaban J connectivity index is 2.06. The van der Waals surface area contributed by atoms with E-state index < -0.39 is 28.5 Å². The first-order chi connectivity index (χ1) is 18.8. The molecular formula is C29H32Cl3N3O4S.